The van der Waals surface area contributed by atoms with Crippen LogP contribution in [0.4, 0.5) is 10.1 Å². The zero-order chi connectivity index (χ0) is 14.5. The van der Waals surface area contributed by atoms with Gasteiger partial charge in [-0.3, -0.25) is 0 Å². The van der Waals surface area contributed by atoms with E-state index in [4.69, 9.17) is 0 Å². The summed E-state index contributed by atoms with van der Waals surface area (Å²) in [7, 11) is 0. The SMILES string of the molecule is CC(C)CCC(C)NCCN1CCc2ccc(F)cc21. The second-order valence-corrected chi connectivity index (χ2v) is 6.34. The molecule has 1 atom stereocenters. The minimum absolute atomic E-state index is 0.131. The molecule has 1 aliphatic rings. The lowest BCUT2D eigenvalue weighted by Gasteiger charge is -2.22. The summed E-state index contributed by atoms with van der Waals surface area (Å²) in [6.45, 7) is 9.73. The van der Waals surface area contributed by atoms with Crippen molar-refractivity contribution in [2.24, 2.45) is 5.92 Å². The fourth-order valence-corrected chi connectivity index (χ4v) is 2.78. The van der Waals surface area contributed by atoms with Crippen LogP contribution in [-0.4, -0.2) is 25.7 Å². The fraction of sp³-hybridized carbons (Fsp3) is 0.647. The van der Waals surface area contributed by atoms with Crippen molar-refractivity contribution in [1.29, 1.82) is 0 Å². The van der Waals surface area contributed by atoms with E-state index in [9.17, 15) is 4.39 Å². The number of hydrogen-bond acceptors (Lipinski definition) is 2. The van der Waals surface area contributed by atoms with Crippen LogP contribution in [0.15, 0.2) is 18.2 Å². The minimum Gasteiger partial charge on any atom is -0.370 e. The van der Waals surface area contributed by atoms with Crippen molar-refractivity contribution in [1.82, 2.24) is 5.32 Å². The Morgan fingerprint density at radius 1 is 1.25 bits per heavy atom. The lowest BCUT2D eigenvalue weighted by molar-refractivity contribution is 0.453. The van der Waals surface area contributed by atoms with Crippen molar-refractivity contribution in [3.8, 4) is 0 Å². The predicted octanol–water partition coefficient (Wildman–Crippen LogP) is 3.60. The molecule has 112 valence electrons. The summed E-state index contributed by atoms with van der Waals surface area (Å²) < 4.78 is 13.3. The van der Waals surface area contributed by atoms with Gasteiger partial charge >= 0.3 is 0 Å². The Morgan fingerprint density at radius 3 is 2.80 bits per heavy atom. The van der Waals surface area contributed by atoms with Gasteiger partial charge in [0.1, 0.15) is 5.82 Å². The molecule has 20 heavy (non-hydrogen) atoms. The van der Waals surface area contributed by atoms with Crippen LogP contribution < -0.4 is 10.2 Å². The Kier molecular flexibility index (Phi) is 5.41. The summed E-state index contributed by atoms with van der Waals surface area (Å²) in [6.07, 6.45) is 3.54. The van der Waals surface area contributed by atoms with Crippen molar-refractivity contribution < 1.29 is 4.39 Å². The van der Waals surface area contributed by atoms with Crippen molar-refractivity contribution in [3.63, 3.8) is 0 Å². The number of rotatable bonds is 7. The highest BCUT2D eigenvalue weighted by Crippen LogP contribution is 2.28. The van der Waals surface area contributed by atoms with Crippen LogP contribution in [0.25, 0.3) is 0 Å². The summed E-state index contributed by atoms with van der Waals surface area (Å²) in [5.74, 6) is 0.640. The van der Waals surface area contributed by atoms with Gasteiger partial charge in [0.25, 0.3) is 0 Å². The van der Waals surface area contributed by atoms with Crippen molar-refractivity contribution in [2.75, 3.05) is 24.5 Å². The molecular formula is C17H27FN2. The average molecular weight is 278 g/mol. The maximum Gasteiger partial charge on any atom is 0.125 e. The molecule has 0 saturated heterocycles. The van der Waals surface area contributed by atoms with E-state index in [1.165, 1.54) is 18.4 Å². The lowest BCUT2D eigenvalue weighted by atomic mass is 10.0. The number of fused-ring (bicyclic) bond motifs is 1. The Balaban J connectivity index is 1.75. The summed E-state index contributed by atoms with van der Waals surface area (Å²) in [6, 6.07) is 5.72. The molecule has 0 saturated carbocycles. The first-order chi connectivity index (χ1) is 9.56. The number of nitrogens with one attached hydrogen (secondary N) is 1. The van der Waals surface area contributed by atoms with Gasteiger partial charge in [0, 0.05) is 31.4 Å². The first kappa shape index (κ1) is 15.3. The van der Waals surface area contributed by atoms with Gasteiger partial charge in [-0.05, 0) is 49.8 Å². The molecule has 1 N–H and O–H groups in total. The third kappa shape index (κ3) is 4.20. The topological polar surface area (TPSA) is 15.3 Å². The van der Waals surface area contributed by atoms with Gasteiger partial charge in [0.15, 0.2) is 0 Å². The zero-order valence-corrected chi connectivity index (χ0v) is 13.0. The Bertz CT molecular complexity index is 431. The molecule has 3 heteroatoms. The second kappa shape index (κ2) is 7.07. The maximum atomic E-state index is 13.3. The molecule has 2 rings (SSSR count). The largest absolute Gasteiger partial charge is 0.370 e. The van der Waals surface area contributed by atoms with E-state index >= 15 is 0 Å². The second-order valence-electron chi connectivity index (χ2n) is 6.34. The van der Waals surface area contributed by atoms with Crippen LogP contribution in [0.5, 0.6) is 0 Å². The average Bonchev–Trinajstić information content (AvgIpc) is 2.79. The van der Waals surface area contributed by atoms with Gasteiger partial charge < -0.3 is 10.2 Å². The molecule has 0 amide bonds. The molecule has 0 bridgehead atoms. The van der Waals surface area contributed by atoms with Crippen molar-refractivity contribution in [3.05, 3.63) is 29.6 Å². The van der Waals surface area contributed by atoms with Crippen LogP contribution in [0.2, 0.25) is 0 Å². The molecular weight excluding hydrogens is 251 g/mol. The lowest BCUT2D eigenvalue weighted by Crippen LogP contribution is -2.35. The third-order valence-electron chi connectivity index (χ3n) is 4.09. The molecule has 0 radical (unpaired) electrons. The van der Waals surface area contributed by atoms with E-state index < -0.39 is 0 Å². The molecule has 0 aromatic heterocycles. The zero-order valence-electron chi connectivity index (χ0n) is 13.0. The van der Waals surface area contributed by atoms with Crippen LogP contribution in [0.1, 0.15) is 39.2 Å². The highest BCUT2D eigenvalue weighted by atomic mass is 19.1. The summed E-state index contributed by atoms with van der Waals surface area (Å²) in [5, 5.41) is 3.57. The standard InChI is InChI=1S/C17H27FN2/c1-13(2)4-5-14(3)19-9-11-20-10-8-15-6-7-16(18)12-17(15)20/h6-7,12-14,19H,4-5,8-11H2,1-3H3. The molecule has 0 spiro atoms. The van der Waals surface area contributed by atoms with Gasteiger partial charge in [-0.15, -0.1) is 0 Å². The van der Waals surface area contributed by atoms with Gasteiger partial charge in [-0.1, -0.05) is 19.9 Å². The molecule has 1 aliphatic heterocycles. The molecule has 0 fully saturated rings. The van der Waals surface area contributed by atoms with Crippen molar-refractivity contribution >= 4 is 5.69 Å². The number of halogens is 1. The first-order valence-electron chi connectivity index (χ1n) is 7.83. The first-order valence-corrected chi connectivity index (χ1v) is 7.83. The Hall–Kier alpha value is -1.09. The predicted molar refractivity (Wildman–Crippen MR) is 83.9 cm³/mol. The van der Waals surface area contributed by atoms with Crippen LogP contribution >= 0.6 is 0 Å². The Labute approximate surface area is 122 Å². The van der Waals surface area contributed by atoms with E-state index in [0.717, 1.165) is 37.7 Å². The maximum absolute atomic E-state index is 13.3. The monoisotopic (exact) mass is 278 g/mol. The summed E-state index contributed by atoms with van der Waals surface area (Å²) in [4.78, 5) is 2.29. The normalized spacial score (nSPS) is 15.8. The highest BCUT2D eigenvalue weighted by molar-refractivity contribution is 5.58. The smallest absolute Gasteiger partial charge is 0.125 e. The van der Waals surface area contributed by atoms with Gasteiger partial charge in [-0.25, -0.2) is 4.39 Å². The van der Waals surface area contributed by atoms with Gasteiger partial charge in [0.2, 0.25) is 0 Å². The van der Waals surface area contributed by atoms with Crippen LogP contribution in [-0.2, 0) is 6.42 Å². The quantitative estimate of drug-likeness (QED) is 0.820. The number of benzene rings is 1. The summed E-state index contributed by atoms with van der Waals surface area (Å²) in [5.41, 5.74) is 2.36. The van der Waals surface area contributed by atoms with Gasteiger partial charge in [-0.2, -0.15) is 0 Å². The molecule has 1 aromatic rings. The molecule has 1 heterocycles. The fourth-order valence-electron chi connectivity index (χ4n) is 2.78. The van der Waals surface area contributed by atoms with Crippen LogP contribution in [0, 0.1) is 11.7 Å². The van der Waals surface area contributed by atoms with E-state index in [2.05, 4.69) is 31.0 Å². The third-order valence-corrected chi connectivity index (χ3v) is 4.09. The molecule has 1 unspecified atom stereocenters. The number of nitrogens with zero attached hydrogens (tertiary/aromatic N) is 1. The van der Waals surface area contributed by atoms with E-state index in [1.807, 2.05) is 6.07 Å². The van der Waals surface area contributed by atoms with Gasteiger partial charge in [0.05, 0.1) is 0 Å². The minimum atomic E-state index is -0.131. The van der Waals surface area contributed by atoms with E-state index in [0.29, 0.717) is 6.04 Å². The highest BCUT2D eigenvalue weighted by Gasteiger charge is 2.19. The molecule has 0 aliphatic carbocycles. The molecule has 1 aromatic carbocycles. The number of anilines is 1. The molecule has 2 nitrogen and oxygen atoms in total. The number of hydrogen-bond donors (Lipinski definition) is 1. The summed E-state index contributed by atoms with van der Waals surface area (Å²) >= 11 is 0. The Morgan fingerprint density at radius 2 is 2.05 bits per heavy atom. The van der Waals surface area contributed by atoms with E-state index in [1.54, 1.807) is 12.1 Å². The van der Waals surface area contributed by atoms with E-state index in [-0.39, 0.29) is 5.82 Å². The van der Waals surface area contributed by atoms with Crippen molar-refractivity contribution in [2.45, 2.75) is 46.1 Å². The van der Waals surface area contributed by atoms with Crippen LogP contribution in [0.3, 0.4) is 0 Å².